The lowest BCUT2D eigenvalue weighted by Crippen LogP contribution is -2.14. The molecular weight excluding hydrogens is 312 g/mol. The van der Waals surface area contributed by atoms with Crippen LogP contribution in [0.5, 0.6) is 0 Å². The molecule has 1 saturated carbocycles. The van der Waals surface area contributed by atoms with Crippen LogP contribution >= 0.6 is 7.60 Å². The summed E-state index contributed by atoms with van der Waals surface area (Å²) < 4.78 is 26.9. The van der Waals surface area contributed by atoms with Gasteiger partial charge in [0.25, 0.3) is 0 Å². The van der Waals surface area contributed by atoms with Gasteiger partial charge in [-0.3, -0.25) is 4.57 Å². The molecule has 3 rings (SSSR count). The normalized spacial score (nSPS) is 25.9. The van der Waals surface area contributed by atoms with Crippen molar-refractivity contribution in [3.05, 3.63) is 12.7 Å². The van der Waals surface area contributed by atoms with E-state index < -0.39 is 19.8 Å². The maximum absolute atomic E-state index is 14.3. The van der Waals surface area contributed by atoms with Crippen LogP contribution in [0.3, 0.4) is 0 Å². The molecule has 8 nitrogen and oxygen atoms in total. The predicted molar refractivity (Wildman–Crippen MR) is 77.9 cm³/mol. The van der Waals surface area contributed by atoms with Crippen molar-refractivity contribution in [2.75, 3.05) is 11.9 Å². The number of hydrogen-bond donors (Lipinski definition) is 3. The Kier molecular flexibility index (Phi) is 3.88. The number of nitrogens with zero attached hydrogens (tertiary/aromatic N) is 4. The van der Waals surface area contributed by atoms with Crippen molar-refractivity contribution in [3.8, 4) is 0 Å². The molecule has 0 bridgehead atoms. The van der Waals surface area contributed by atoms with Crippen LogP contribution in [-0.2, 0) is 4.57 Å². The van der Waals surface area contributed by atoms with E-state index in [1.54, 1.807) is 4.57 Å². The number of halogens is 1. The molecule has 10 heteroatoms. The molecule has 4 N–H and O–H groups in total. The van der Waals surface area contributed by atoms with Gasteiger partial charge in [-0.05, 0) is 25.2 Å². The molecule has 0 spiro atoms. The third-order valence-electron chi connectivity index (χ3n) is 4.12. The molecule has 0 amide bonds. The molecule has 3 atom stereocenters. The number of nitrogens with two attached hydrogens (primary N) is 1. The zero-order chi connectivity index (χ0) is 15.9. The van der Waals surface area contributed by atoms with Crippen LogP contribution < -0.4 is 5.73 Å². The van der Waals surface area contributed by atoms with E-state index >= 15 is 0 Å². The molecule has 0 saturated heterocycles. The molecule has 2 aromatic heterocycles. The summed E-state index contributed by atoms with van der Waals surface area (Å²) in [6.45, 7) is 0. The van der Waals surface area contributed by atoms with Crippen molar-refractivity contribution in [1.29, 1.82) is 0 Å². The molecule has 22 heavy (non-hydrogen) atoms. The number of anilines is 1. The van der Waals surface area contributed by atoms with Gasteiger partial charge in [0, 0.05) is 0 Å². The summed E-state index contributed by atoms with van der Waals surface area (Å²) in [5.41, 5.74) is 6.64. The molecule has 1 aliphatic rings. The molecule has 0 aliphatic heterocycles. The van der Waals surface area contributed by atoms with Crippen molar-refractivity contribution in [1.82, 2.24) is 19.5 Å². The maximum atomic E-state index is 14.3. The second kappa shape index (κ2) is 5.57. The van der Waals surface area contributed by atoms with E-state index in [1.807, 2.05) is 0 Å². The summed E-state index contributed by atoms with van der Waals surface area (Å²) >= 11 is 0. The topological polar surface area (TPSA) is 127 Å². The highest BCUT2D eigenvalue weighted by atomic mass is 31.2. The smallest absolute Gasteiger partial charge is 0.325 e. The van der Waals surface area contributed by atoms with Gasteiger partial charge in [0.2, 0.25) is 0 Å². The van der Waals surface area contributed by atoms with Gasteiger partial charge in [0.15, 0.2) is 11.5 Å². The molecule has 0 radical (unpaired) electrons. The Bertz CT molecular complexity index is 733. The Labute approximate surface area is 125 Å². The average molecular weight is 329 g/mol. The Hall–Kier alpha value is -1.57. The molecule has 2 heterocycles. The Morgan fingerprint density at radius 3 is 2.86 bits per heavy atom. The number of fused-ring (bicyclic) bond motifs is 1. The van der Waals surface area contributed by atoms with E-state index in [1.165, 1.54) is 12.7 Å². The van der Waals surface area contributed by atoms with Gasteiger partial charge in [-0.1, -0.05) is 0 Å². The fraction of sp³-hybridized carbons (Fsp3) is 0.583. The number of rotatable bonds is 4. The summed E-state index contributed by atoms with van der Waals surface area (Å²) in [4.78, 5) is 30.0. The highest BCUT2D eigenvalue weighted by molar-refractivity contribution is 7.51. The SMILES string of the molecule is Nc1ncnc2c1ncn2C1CC(CCP(=O)(O)O)CC1F. The van der Waals surface area contributed by atoms with E-state index in [9.17, 15) is 8.96 Å². The third kappa shape index (κ3) is 2.97. The fourth-order valence-corrected chi connectivity index (χ4v) is 3.75. The van der Waals surface area contributed by atoms with Crippen LogP contribution in [0.2, 0.25) is 0 Å². The minimum atomic E-state index is -4.04. The number of aromatic nitrogens is 4. The van der Waals surface area contributed by atoms with Crippen molar-refractivity contribution in [2.45, 2.75) is 31.5 Å². The summed E-state index contributed by atoms with van der Waals surface area (Å²) in [5, 5.41) is 0. The molecule has 1 fully saturated rings. The summed E-state index contributed by atoms with van der Waals surface area (Å²) in [7, 11) is -4.04. The summed E-state index contributed by atoms with van der Waals surface area (Å²) in [5.74, 6) is 0.180. The summed E-state index contributed by atoms with van der Waals surface area (Å²) in [6.07, 6.45) is 2.58. The molecule has 1 aliphatic carbocycles. The van der Waals surface area contributed by atoms with Gasteiger partial charge in [0.1, 0.15) is 18.0 Å². The Morgan fingerprint density at radius 1 is 1.36 bits per heavy atom. The van der Waals surface area contributed by atoms with Crippen LogP contribution in [-0.4, -0.2) is 41.6 Å². The summed E-state index contributed by atoms with van der Waals surface area (Å²) in [6, 6.07) is -0.443. The number of imidazole rings is 1. The third-order valence-corrected chi connectivity index (χ3v) is 4.96. The number of alkyl halides is 1. The zero-order valence-corrected chi connectivity index (χ0v) is 12.6. The van der Waals surface area contributed by atoms with Crippen molar-refractivity contribution in [2.24, 2.45) is 5.92 Å². The largest absolute Gasteiger partial charge is 0.382 e. The number of nitrogen functional groups attached to an aromatic ring is 1. The monoisotopic (exact) mass is 329 g/mol. The van der Waals surface area contributed by atoms with Crippen LogP contribution in [0, 0.1) is 5.92 Å². The second-order valence-corrected chi connectivity index (χ2v) is 7.46. The van der Waals surface area contributed by atoms with E-state index in [-0.39, 0.29) is 24.3 Å². The number of hydrogen-bond acceptors (Lipinski definition) is 5. The van der Waals surface area contributed by atoms with Gasteiger partial charge in [0.05, 0.1) is 18.5 Å². The first kappa shape index (κ1) is 15.3. The minimum Gasteiger partial charge on any atom is -0.382 e. The minimum absolute atomic E-state index is 0.0655. The van der Waals surface area contributed by atoms with Gasteiger partial charge in [-0.25, -0.2) is 19.3 Å². The van der Waals surface area contributed by atoms with Crippen LogP contribution in [0.15, 0.2) is 12.7 Å². The van der Waals surface area contributed by atoms with Crippen LogP contribution in [0.25, 0.3) is 11.2 Å². The molecule has 120 valence electrons. The fourth-order valence-electron chi connectivity index (χ4n) is 3.05. The quantitative estimate of drug-likeness (QED) is 0.721. The van der Waals surface area contributed by atoms with Crippen molar-refractivity contribution < 1.29 is 18.7 Å². The van der Waals surface area contributed by atoms with E-state index in [0.29, 0.717) is 24.0 Å². The molecule has 0 aromatic carbocycles. The maximum Gasteiger partial charge on any atom is 0.325 e. The second-order valence-electron chi connectivity index (χ2n) is 5.68. The molecular formula is C12H17FN5O3P. The van der Waals surface area contributed by atoms with Gasteiger partial charge in [-0.15, -0.1) is 0 Å². The predicted octanol–water partition coefficient (Wildman–Crippen LogP) is 1.27. The highest BCUT2D eigenvalue weighted by Crippen LogP contribution is 2.43. The van der Waals surface area contributed by atoms with E-state index in [0.717, 1.165) is 0 Å². The molecule has 2 aromatic rings. The van der Waals surface area contributed by atoms with Gasteiger partial charge in [-0.2, -0.15) is 0 Å². The van der Waals surface area contributed by atoms with Gasteiger partial charge < -0.3 is 20.1 Å². The Balaban J connectivity index is 1.80. The van der Waals surface area contributed by atoms with E-state index in [4.69, 9.17) is 15.5 Å². The van der Waals surface area contributed by atoms with Crippen LogP contribution in [0.1, 0.15) is 25.3 Å². The first-order valence-corrected chi connectivity index (χ1v) is 8.76. The van der Waals surface area contributed by atoms with Crippen LogP contribution in [0.4, 0.5) is 10.2 Å². The standard InChI is InChI=1S/C12H17FN5O3P/c13-8-3-7(1-2-22(19,20)21)4-9(8)18-6-17-10-11(14)15-5-16-12(10)18/h5-9H,1-4H2,(H2,14,15,16)(H2,19,20,21). The lowest BCUT2D eigenvalue weighted by Gasteiger charge is -2.15. The Morgan fingerprint density at radius 2 is 2.14 bits per heavy atom. The first-order valence-electron chi connectivity index (χ1n) is 6.97. The average Bonchev–Trinajstić information content (AvgIpc) is 3.00. The van der Waals surface area contributed by atoms with Crippen molar-refractivity contribution in [3.63, 3.8) is 0 Å². The van der Waals surface area contributed by atoms with Crippen molar-refractivity contribution >= 4 is 24.6 Å². The molecule has 3 unspecified atom stereocenters. The zero-order valence-electron chi connectivity index (χ0n) is 11.7. The van der Waals surface area contributed by atoms with Gasteiger partial charge >= 0.3 is 7.60 Å². The van der Waals surface area contributed by atoms with E-state index in [2.05, 4.69) is 15.0 Å². The lowest BCUT2D eigenvalue weighted by atomic mass is 10.1. The highest BCUT2D eigenvalue weighted by Gasteiger charge is 2.37. The first-order chi connectivity index (χ1) is 10.3. The lowest BCUT2D eigenvalue weighted by molar-refractivity contribution is 0.264.